The molecule has 2 unspecified atom stereocenters. The lowest BCUT2D eigenvalue weighted by atomic mass is 10.0. The van der Waals surface area contributed by atoms with Gasteiger partial charge in [-0.05, 0) is 44.5 Å². The number of hydrogen-bond acceptors (Lipinski definition) is 5. The molecule has 0 N–H and O–H groups in total. The second kappa shape index (κ2) is 8.36. The van der Waals surface area contributed by atoms with E-state index in [0.29, 0.717) is 51.9 Å². The van der Waals surface area contributed by atoms with E-state index >= 15 is 0 Å². The summed E-state index contributed by atoms with van der Waals surface area (Å²) in [7, 11) is 1.55. The summed E-state index contributed by atoms with van der Waals surface area (Å²) in [6.45, 7) is 6.76. The highest BCUT2D eigenvalue weighted by molar-refractivity contribution is 6.46. The molecule has 31 heavy (non-hydrogen) atoms. The van der Waals surface area contributed by atoms with Crippen LogP contribution >= 0.6 is 11.6 Å². The van der Waals surface area contributed by atoms with Crippen molar-refractivity contribution in [1.82, 2.24) is 4.90 Å². The smallest absolute Gasteiger partial charge is 0.282 e. The number of halogens is 1. The molecule has 1 saturated heterocycles. The topological polar surface area (TPSA) is 59.1 Å². The minimum absolute atomic E-state index is 0.0694. The molecular weight excluding hydrogens is 416 g/mol. The highest BCUT2D eigenvalue weighted by Gasteiger charge is 2.45. The van der Waals surface area contributed by atoms with E-state index in [4.69, 9.17) is 21.1 Å². The van der Waals surface area contributed by atoms with Gasteiger partial charge in [0.2, 0.25) is 0 Å². The predicted octanol–water partition coefficient (Wildman–Crippen LogP) is 4.05. The fraction of sp³-hybridized carbons (Fsp3) is 0.333. The summed E-state index contributed by atoms with van der Waals surface area (Å²) >= 11 is 6.30. The van der Waals surface area contributed by atoms with Crippen LogP contribution in [0.5, 0.6) is 5.75 Å². The minimum atomic E-state index is -0.387. The molecule has 162 valence electrons. The van der Waals surface area contributed by atoms with Gasteiger partial charge in [-0.2, -0.15) is 0 Å². The van der Waals surface area contributed by atoms with E-state index in [-0.39, 0.29) is 24.0 Å². The van der Waals surface area contributed by atoms with E-state index in [1.54, 1.807) is 44.4 Å². The maximum absolute atomic E-state index is 13.8. The van der Waals surface area contributed by atoms with Crippen LogP contribution in [0.1, 0.15) is 25.0 Å². The molecule has 1 fully saturated rings. The third-order valence-electron chi connectivity index (χ3n) is 5.65. The number of rotatable bonds is 4. The highest BCUT2D eigenvalue weighted by atomic mass is 35.5. The lowest BCUT2D eigenvalue weighted by Crippen LogP contribution is -2.47. The van der Waals surface area contributed by atoms with Crippen LogP contribution in [0.15, 0.2) is 48.2 Å². The fourth-order valence-corrected chi connectivity index (χ4v) is 4.49. The van der Waals surface area contributed by atoms with Gasteiger partial charge in [-0.15, -0.1) is 0 Å². The molecule has 4 rings (SSSR count). The molecule has 0 aliphatic carbocycles. The Morgan fingerprint density at radius 2 is 1.68 bits per heavy atom. The van der Waals surface area contributed by atoms with Gasteiger partial charge in [0, 0.05) is 23.7 Å². The second-order valence-corrected chi connectivity index (χ2v) is 8.32. The summed E-state index contributed by atoms with van der Waals surface area (Å²) < 4.78 is 11.4. The molecule has 0 aromatic heterocycles. The van der Waals surface area contributed by atoms with E-state index in [0.717, 1.165) is 0 Å². The number of hydrogen-bond donors (Lipinski definition) is 0. The molecule has 0 saturated carbocycles. The summed E-state index contributed by atoms with van der Waals surface area (Å²) in [5.74, 6) is -0.214. The summed E-state index contributed by atoms with van der Waals surface area (Å²) in [6.07, 6.45) is -0.139. The van der Waals surface area contributed by atoms with Crippen LogP contribution in [0.25, 0.3) is 5.57 Å². The number of imide groups is 1. The van der Waals surface area contributed by atoms with Crippen molar-refractivity contribution >= 4 is 34.7 Å². The Bertz CT molecular complexity index is 1070. The van der Waals surface area contributed by atoms with Gasteiger partial charge in [0.15, 0.2) is 0 Å². The van der Waals surface area contributed by atoms with Crippen molar-refractivity contribution in [2.75, 3.05) is 25.1 Å². The zero-order chi connectivity index (χ0) is 22.3. The second-order valence-electron chi connectivity index (χ2n) is 7.92. The summed E-state index contributed by atoms with van der Waals surface area (Å²) in [6, 6.07) is 12.5. The largest absolute Gasteiger partial charge is 0.496 e. The van der Waals surface area contributed by atoms with Crippen LogP contribution in [0.3, 0.4) is 0 Å². The molecule has 2 aromatic rings. The van der Waals surface area contributed by atoms with E-state index in [1.807, 2.05) is 30.9 Å². The molecule has 7 heteroatoms. The van der Waals surface area contributed by atoms with Gasteiger partial charge in [-0.25, -0.2) is 4.90 Å². The summed E-state index contributed by atoms with van der Waals surface area (Å²) in [5, 5.41) is 0.499. The van der Waals surface area contributed by atoms with Crippen LogP contribution in [0.4, 0.5) is 5.69 Å². The van der Waals surface area contributed by atoms with Crippen molar-refractivity contribution in [3.05, 3.63) is 64.3 Å². The maximum Gasteiger partial charge on any atom is 0.282 e. The van der Waals surface area contributed by atoms with Crippen LogP contribution in [0, 0.1) is 6.92 Å². The molecule has 2 amide bonds. The monoisotopic (exact) mass is 440 g/mol. The first-order valence-electron chi connectivity index (χ1n) is 10.3. The molecule has 0 radical (unpaired) electrons. The molecule has 2 heterocycles. The molecule has 2 atom stereocenters. The van der Waals surface area contributed by atoms with Crippen molar-refractivity contribution in [3.63, 3.8) is 0 Å². The van der Waals surface area contributed by atoms with Gasteiger partial charge >= 0.3 is 0 Å². The third-order valence-corrected chi connectivity index (χ3v) is 6.06. The van der Waals surface area contributed by atoms with Crippen molar-refractivity contribution in [3.8, 4) is 5.75 Å². The Morgan fingerprint density at radius 3 is 2.35 bits per heavy atom. The average molecular weight is 441 g/mol. The van der Waals surface area contributed by atoms with Gasteiger partial charge < -0.3 is 14.4 Å². The van der Waals surface area contributed by atoms with E-state index in [9.17, 15) is 9.59 Å². The first kappa shape index (κ1) is 21.4. The minimum Gasteiger partial charge on any atom is -0.496 e. The molecule has 2 aliphatic heterocycles. The Labute approximate surface area is 187 Å². The number of amides is 2. The zero-order valence-electron chi connectivity index (χ0n) is 18.0. The Balaban J connectivity index is 1.90. The van der Waals surface area contributed by atoms with E-state index in [2.05, 4.69) is 0 Å². The number of anilines is 1. The summed E-state index contributed by atoms with van der Waals surface area (Å²) in [4.78, 5) is 30.7. The van der Waals surface area contributed by atoms with Gasteiger partial charge in [-0.3, -0.25) is 9.59 Å². The quantitative estimate of drug-likeness (QED) is 0.671. The lowest BCUT2D eigenvalue weighted by Gasteiger charge is -2.37. The fourth-order valence-electron chi connectivity index (χ4n) is 4.32. The van der Waals surface area contributed by atoms with E-state index in [1.165, 1.54) is 4.90 Å². The van der Waals surface area contributed by atoms with Crippen molar-refractivity contribution in [1.29, 1.82) is 0 Å². The number of ether oxygens (including phenoxy) is 2. The highest BCUT2D eigenvalue weighted by Crippen LogP contribution is 2.40. The third kappa shape index (κ3) is 3.70. The first-order valence-corrected chi connectivity index (χ1v) is 10.6. The Morgan fingerprint density at radius 1 is 1.00 bits per heavy atom. The van der Waals surface area contributed by atoms with Crippen molar-refractivity contribution < 1.29 is 19.1 Å². The van der Waals surface area contributed by atoms with Gasteiger partial charge in [0.1, 0.15) is 11.4 Å². The zero-order valence-corrected chi connectivity index (χ0v) is 18.8. The normalized spacial score (nSPS) is 21.8. The molecule has 0 bridgehead atoms. The van der Waals surface area contributed by atoms with Crippen LogP contribution in [-0.2, 0) is 14.3 Å². The van der Waals surface area contributed by atoms with Crippen LogP contribution in [0.2, 0.25) is 5.02 Å². The molecule has 6 nitrogen and oxygen atoms in total. The van der Waals surface area contributed by atoms with Gasteiger partial charge in [0.05, 0.1) is 30.6 Å². The predicted molar refractivity (Wildman–Crippen MR) is 120 cm³/mol. The molecule has 0 spiro atoms. The SMILES string of the molecule is COc1ccccc1C1=C(N2CC(C)OC(C)C2)C(=O)N(c2cccc(Cl)c2C)C1=O. The molecule has 2 aromatic carbocycles. The number of benzene rings is 2. The Hall–Kier alpha value is -2.83. The van der Waals surface area contributed by atoms with Crippen LogP contribution in [-0.4, -0.2) is 49.1 Å². The molecule has 2 aliphatic rings. The van der Waals surface area contributed by atoms with Crippen LogP contribution < -0.4 is 9.64 Å². The average Bonchev–Trinajstić information content (AvgIpc) is 2.99. The Kier molecular flexibility index (Phi) is 5.77. The van der Waals surface area contributed by atoms with Gasteiger partial charge in [0.25, 0.3) is 11.8 Å². The number of para-hydroxylation sites is 1. The van der Waals surface area contributed by atoms with Crippen molar-refractivity contribution in [2.24, 2.45) is 0 Å². The van der Waals surface area contributed by atoms with Crippen molar-refractivity contribution in [2.45, 2.75) is 33.0 Å². The van der Waals surface area contributed by atoms with Gasteiger partial charge in [-0.1, -0.05) is 35.9 Å². The molecular formula is C24H25ClN2O4. The summed E-state index contributed by atoms with van der Waals surface area (Å²) in [5.41, 5.74) is 2.46. The van der Waals surface area contributed by atoms with E-state index < -0.39 is 0 Å². The number of carbonyl (C=O) groups is 2. The lowest BCUT2D eigenvalue weighted by molar-refractivity contribution is -0.121. The number of carbonyl (C=O) groups excluding carboxylic acids is 2. The number of nitrogens with zero attached hydrogens (tertiary/aromatic N) is 2. The number of methoxy groups -OCH3 is 1. The first-order chi connectivity index (χ1) is 14.8. The standard InChI is InChI=1S/C24H25ClN2O4/c1-14-12-26(13-15(2)31-14)22-21(17-8-5-6-11-20(17)30-4)23(28)27(24(22)29)19-10-7-9-18(25)16(19)3/h5-11,14-15H,12-13H2,1-4H3. The maximum atomic E-state index is 13.8. The number of morpholine rings is 1.